The zero-order chi connectivity index (χ0) is 14.7. The van der Waals surface area contributed by atoms with Crippen LogP contribution in [0.3, 0.4) is 0 Å². The van der Waals surface area contributed by atoms with Crippen molar-refractivity contribution in [3.63, 3.8) is 0 Å². The standard InChI is InChI=1S/C13H6Cl2F2O3/c14-7-1-3-11(9(16)5-7)19-13(18)20-12-4-2-8(15)6-10(12)17/h1-6H. The van der Waals surface area contributed by atoms with Crippen molar-refractivity contribution in [2.75, 3.05) is 0 Å². The summed E-state index contributed by atoms with van der Waals surface area (Å²) in [7, 11) is 0. The van der Waals surface area contributed by atoms with E-state index in [9.17, 15) is 13.6 Å². The second kappa shape index (κ2) is 6.07. The molecule has 0 unspecified atom stereocenters. The summed E-state index contributed by atoms with van der Waals surface area (Å²) in [5.41, 5.74) is 0. The fourth-order valence-electron chi connectivity index (χ4n) is 1.32. The largest absolute Gasteiger partial charge is 0.519 e. The molecule has 0 fully saturated rings. The summed E-state index contributed by atoms with van der Waals surface area (Å²) >= 11 is 11.1. The highest BCUT2D eigenvalue weighted by Crippen LogP contribution is 2.24. The number of halogens is 4. The fraction of sp³-hybridized carbons (Fsp3) is 0. The highest BCUT2D eigenvalue weighted by Gasteiger charge is 2.14. The van der Waals surface area contributed by atoms with E-state index in [4.69, 9.17) is 23.2 Å². The van der Waals surface area contributed by atoms with Crippen LogP contribution in [0.25, 0.3) is 0 Å². The second-order valence-corrected chi connectivity index (χ2v) is 4.48. The molecule has 0 saturated carbocycles. The molecule has 0 aliphatic carbocycles. The maximum atomic E-state index is 13.4. The summed E-state index contributed by atoms with van der Waals surface area (Å²) in [6, 6.07) is 6.89. The molecule has 0 N–H and O–H groups in total. The van der Waals surface area contributed by atoms with Crippen molar-refractivity contribution in [3.8, 4) is 11.5 Å². The molecule has 0 aliphatic rings. The number of carbonyl (C=O) groups excluding carboxylic acids is 1. The number of benzene rings is 2. The number of hydrogen-bond donors (Lipinski definition) is 0. The van der Waals surface area contributed by atoms with Gasteiger partial charge in [-0.2, -0.15) is 0 Å². The first-order chi connectivity index (χ1) is 9.45. The average molecular weight is 319 g/mol. The lowest BCUT2D eigenvalue weighted by Crippen LogP contribution is -2.15. The van der Waals surface area contributed by atoms with Crippen LogP contribution in [0.4, 0.5) is 13.6 Å². The molecule has 2 aromatic rings. The third kappa shape index (κ3) is 3.59. The molecule has 104 valence electrons. The Kier molecular flexibility index (Phi) is 4.42. The second-order valence-electron chi connectivity index (χ2n) is 3.60. The molecule has 0 spiro atoms. The molecular weight excluding hydrogens is 313 g/mol. The Balaban J connectivity index is 2.09. The Bertz CT molecular complexity index is 607. The summed E-state index contributed by atoms with van der Waals surface area (Å²) in [6.07, 6.45) is -1.28. The van der Waals surface area contributed by atoms with Crippen LogP contribution in [-0.2, 0) is 0 Å². The normalized spacial score (nSPS) is 10.2. The van der Waals surface area contributed by atoms with Gasteiger partial charge in [0.05, 0.1) is 0 Å². The molecular formula is C13H6Cl2F2O3. The molecule has 2 aromatic carbocycles. The van der Waals surface area contributed by atoms with Crippen LogP contribution < -0.4 is 9.47 Å². The van der Waals surface area contributed by atoms with Crippen molar-refractivity contribution in [1.82, 2.24) is 0 Å². The average Bonchev–Trinajstić information content (AvgIpc) is 2.36. The molecule has 0 saturated heterocycles. The smallest absolute Gasteiger partial charge is 0.392 e. The topological polar surface area (TPSA) is 35.5 Å². The predicted octanol–water partition coefficient (Wildman–Crippen LogP) is 4.85. The highest BCUT2D eigenvalue weighted by atomic mass is 35.5. The maximum Gasteiger partial charge on any atom is 0.519 e. The number of rotatable bonds is 2. The van der Waals surface area contributed by atoms with Gasteiger partial charge in [0.1, 0.15) is 0 Å². The van der Waals surface area contributed by atoms with Gasteiger partial charge in [0.2, 0.25) is 0 Å². The lowest BCUT2D eigenvalue weighted by Gasteiger charge is -2.07. The Hall–Kier alpha value is -1.85. The summed E-state index contributed by atoms with van der Waals surface area (Å²) in [5.74, 6) is -2.44. The van der Waals surface area contributed by atoms with E-state index in [0.717, 1.165) is 24.3 Å². The van der Waals surface area contributed by atoms with Crippen molar-refractivity contribution in [2.24, 2.45) is 0 Å². The van der Waals surface area contributed by atoms with E-state index in [-0.39, 0.29) is 21.5 Å². The molecule has 0 radical (unpaired) electrons. The van der Waals surface area contributed by atoms with Gasteiger partial charge >= 0.3 is 6.16 Å². The number of hydrogen-bond acceptors (Lipinski definition) is 3. The fourth-order valence-corrected chi connectivity index (χ4v) is 1.63. The minimum absolute atomic E-state index is 0.145. The zero-order valence-corrected chi connectivity index (χ0v) is 11.2. The Morgan fingerprint density at radius 1 is 0.850 bits per heavy atom. The van der Waals surface area contributed by atoms with Gasteiger partial charge in [-0.15, -0.1) is 0 Å². The third-order valence-electron chi connectivity index (χ3n) is 2.17. The molecule has 0 aliphatic heterocycles. The van der Waals surface area contributed by atoms with E-state index in [1.54, 1.807) is 0 Å². The Labute approximate surface area is 122 Å². The summed E-state index contributed by atoms with van der Waals surface area (Å²) in [5, 5.41) is 0.291. The van der Waals surface area contributed by atoms with Crippen molar-refractivity contribution in [2.45, 2.75) is 0 Å². The molecule has 0 aromatic heterocycles. The van der Waals surface area contributed by atoms with Crippen molar-refractivity contribution in [1.29, 1.82) is 0 Å². The van der Waals surface area contributed by atoms with Gasteiger partial charge in [0, 0.05) is 10.0 Å². The minimum Gasteiger partial charge on any atom is -0.392 e. The van der Waals surface area contributed by atoms with Crippen LogP contribution in [0.15, 0.2) is 36.4 Å². The van der Waals surface area contributed by atoms with E-state index < -0.39 is 17.8 Å². The minimum atomic E-state index is -1.28. The molecule has 0 atom stereocenters. The van der Waals surface area contributed by atoms with Gasteiger partial charge in [-0.05, 0) is 36.4 Å². The molecule has 0 heterocycles. The number of ether oxygens (including phenoxy) is 2. The Morgan fingerprint density at radius 3 is 1.60 bits per heavy atom. The zero-order valence-electron chi connectivity index (χ0n) is 9.70. The van der Waals surface area contributed by atoms with Crippen LogP contribution in [-0.4, -0.2) is 6.16 Å². The first-order valence-electron chi connectivity index (χ1n) is 5.25. The van der Waals surface area contributed by atoms with Crippen molar-refractivity contribution in [3.05, 3.63) is 58.1 Å². The van der Waals surface area contributed by atoms with Gasteiger partial charge in [-0.25, -0.2) is 13.6 Å². The van der Waals surface area contributed by atoms with Crippen molar-refractivity contribution >= 4 is 29.4 Å². The van der Waals surface area contributed by atoms with Gasteiger partial charge in [-0.1, -0.05) is 23.2 Å². The monoisotopic (exact) mass is 318 g/mol. The van der Waals surface area contributed by atoms with Crippen LogP contribution in [0.2, 0.25) is 10.0 Å². The molecule has 2 rings (SSSR count). The summed E-state index contributed by atoms with van der Waals surface area (Å²) in [6.45, 7) is 0. The van der Waals surface area contributed by atoms with Crippen LogP contribution >= 0.6 is 23.2 Å². The van der Waals surface area contributed by atoms with Gasteiger partial charge in [0.15, 0.2) is 23.1 Å². The molecule has 0 bridgehead atoms. The molecule has 0 amide bonds. The first kappa shape index (κ1) is 14.6. The van der Waals surface area contributed by atoms with Crippen LogP contribution in [0, 0.1) is 11.6 Å². The SMILES string of the molecule is O=C(Oc1ccc(Cl)cc1F)Oc1ccc(Cl)cc1F. The maximum absolute atomic E-state index is 13.4. The lowest BCUT2D eigenvalue weighted by molar-refractivity contribution is 0.148. The van der Waals surface area contributed by atoms with E-state index >= 15 is 0 Å². The van der Waals surface area contributed by atoms with Crippen LogP contribution in [0.1, 0.15) is 0 Å². The summed E-state index contributed by atoms with van der Waals surface area (Å²) in [4.78, 5) is 11.4. The van der Waals surface area contributed by atoms with Crippen molar-refractivity contribution < 1.29 is 23.0 Å². The summed E-state index contributed by atoms with van der Waals surface area (Å²) < 4.78 is 35.9. The molecule has 7 heteroatoms. The Morgan fingerprint density at radius 2 is 1.25 bits per heavy atom. The highest BCUT2D eigenvalue weighted by molar-refractivity contribution is 6.30. The van der Waals surface area contributed by atoms with E-state index in [0.29, 0.717) is 0 Å². The van der Waals surface area contributed by atoms with E-state index in [1.807, 2.05) is 0 Å². The van der Waals surface area contributed by atoms with E-state index in [2.05, 4.69) is 9.47 Å². The van der Waals surface area contributed by atoms with E-state index in [1.165, 1.54) is 12.1 Å². The van der Waals surface area contributed by atoms with Gasteiger partial charge in [-0.3, -0.25) is 0 Å². The van der Waals surface area contributed by atoms with Gasteiger partial charge in [0.25, 0.3) is 0 Å². The molecule has 3 nitrogen and oxygen atoms in total. The molecule has 20 heavy (non-hydrogen) atoms. The predicted molar refractivity (Wildman–Crippen MR) is 69.5 cm³/mol. The first-order valence-corrected chi connectivity index (χ1v) is 6.01. The third-order valence-corrected chi connectivity index (χ3v) is 2.64. The number of carbonyl (C=O) groups is 1. The quantitative estimate of drug-likeness (QED) is 0.586. The lowest BCUT2D eigenvalue weighted by atomic mass is 10.3. The van der Waals surface area contributed by atoms with Gasteiger partial charge < -0.3 is 9.47 Å². The van der Waals surface area contributed by atoms with Crippen LogP contribution in [0.5, 0.6) is 11.5 Å².